The number of amidine groups is 1. The number of rotatable bonds is 4. The van der Waals surface area contributed by atoms with Gasteiger partial charge in [0.1, 0.15) is 5.75 Å². The van der Waals surface area contributed by atoms with Gasteiger partial charge in [0.25, 0.3) is 5.95 Å². The largest absolute Gasteiger partial charge is 0.452 e. The molecular weight excluding hydrogens is 456 g/mol. The van der Waals surface area contributed by atoms with Crippen LogP contribution in [0.25, 0.3) is 22.4 Å². The van der Waals surface area contributed by atoms with Crippen LogP contribution in [0.1, 0.15) is 22.7 Å². The maximum absolute atomic E-state index is 15.2. The molecule has 1 unspecified atom stereocenters. The van der Waals surface area contributed by atoms with Gasteiger partial charge in [0.15, 0.2) is 10.9 Å². The Morgan fingerprint density at radius 1 is 1.03 bits per heavy atom. The minimum atomic E-state index is -0.729. The third-order valence-corrected chi connectivity index (χ3v) is 6.41. The Balaban J connectivity index is 1.66. The van der Waals surface area contributed by atoms with Crippen LogP contribution < -0.4 is 10.5 Å². The molecule has 0 spiro atoms. The molecule has 3 aromatic heterocycles. The topological polar surface area (TPSA) is 97.8 Å². The van der Waals surface area contributed by atoms with Crippen LogP contribution in [0.4, 0.5) is 8.78 Å². The number of thioether (sulfide) groups is 1. The molecule has 0 fully saturated rings. The third kappa shape index (κ3) is 4.10. The van der Waals surface area contributed by atoms with Gasteiger partial charge in [-0.05, 0) is 55.0 Å². The van der Waals surface area contributed by atoms with Gasteiger partial charge in [-0.15, -0.1) is 0 Å². The van der Waals surface area contributed by atoms with Gasteiger partial charge in [0.2, 0.25) is 5.95 Å². The second-order valence-electron chi connectivity index (χ2n) is 7.83. The Morgan fingerprint density at radius 2 is 1.88 bits per heavy atom. The number of fused-ring (bicyclic) bond motifs is 2. The molecule has 0 radical (unpaired) electrons. The van der Waals surface area contributed by atoms with E-state index < -0.39 is 11.9 Å². The molecule has 3 N–H and O–H groups in total. The maximum atomic E-state index is 15.2. The molecule has 170 valence electrons. The number of nitrogens with one attached hydrogen (secondary N) is 1. The van der Waals surface area contributed by atoms with E-state index in [0.29, 0.717) is 33.9 Å². The lowest BCUT2D eigenvalue weighted by Crippen LogP contribution is -2.17. The summed E-state index contributed by atoms with van der Waals surface area (Å²) in [7, 11) is 0. The highest BCUT2D eigenvalue weighted by Gasteiger charge is 2.32. The summed E-state index contributed by atoms with van der Waals surface area (Å²) in [5.74, 6) is -0.825. The zero-order valence-corrected chi connectivity index (χ0v) is 18.9. The normalized spacial score (nSPS) is 14.1. The number of hydrogen-bond acceptors (Lipinski definition) is 6. The molecule has 9 heteroatoms. The van der Waals surface area contributed by atoms with E-state index in [1.807, 2.05) is 19.1 Å². The molecule has 4 aromatic rings. The zero-order chi connectivity index (χ0) is 23.8. The molecule has 5 rings (SSSR count). The van der Waals surface area contributed by atoms with Crippen molar-refractivity contribution in [2.75, 3.05) is 5.75 Å². The lowest BCUT2D eigenvalue weighted by molar-refractivity contribution is 0.405. The standard InChI is InChI=1S/C25H19F2N5OS/c1-13-9-15(6-8-30-13)20-11-18-19(12-34-25(28)29)17-10-14(16-3-2-7-31-23(16)26)4-5-21(17)33-22(18)24(27)32-20/h2-11,19H,12H2,1H3,(H3,28,29). The summed E-state index contributed by atoms with van der Waals surface area (Å²) in [5, 5.41) is 7.63. The number of hydrogen-bond donors (Lipinski definition) is 2. The van der Waals surface area contributed by atoms with E-state index in [2.05, 4.69) is 15.0 Å². The van der Waals surface area contributed by atoms with Gasteiger partial charge in [-0.3, -0.25) is 10.4 Å². The third-order valence-electron chi connectivity index (χ3n) is 5.60. The summed E-state index contributed by atoms with van der Waals surface area (Å²) in [6, 6.07) is 13.9. The molecule has 4 heterocycles. The van der Waals surface area contributed by atoms with E-state index >= 15 is 4.39 Å². The van der Waals surface area contributed by atoms with Crippen molar-refractivity contribution in [1.82, 2.24) is 15.0 Å². The molecule has 1 aliphatic heterocycles. The van der Waals surface area contributed by atoms with Crippen molar-refractivity contribution < 1.29 is 13.5 Å². The molecule has 0 bridgehead atoms. The van der Waals surface area contributed by atoms with Crippen molar-refractivity contribution in [3.63, 3.8) is 0 Å². The molecule has 0 aliphatic carbocycles. The van der Waals surface area contributed by atoms with Crippen LogP contribution in [0.3, 0.4) is 0 Å². The summed E-state index contributed by atoms with van der Waals surface area (Å²) in [6.45, 7) is 1.85. The second-order valence-corrected chi connectivity index (χ2v) is 8.89. The smallest absolute Gasteiger partial charge is 0.256 e. The van der Waals surface area contributed by atoms with E-state index in [-0.39, 0.29) is 16.8 Å². The molecule has 6 nitrogen and oxygen atoms in total. The van der Waals surface area contributed by atoms with Gasteiger partial charge in [-0.2, -0.15) is 8.78 Å². The number of aromatic nitrogens is 3. The van der Waals surface area contributed by atoms with Crippen LogP contribution in [-0.2, 0) is 0 Å². The number of pyridine rings is 3. The van der Waals surface area contributed by atoms with Gasteiger partial charge < -0.3 is 10.5 Å². The SMILES string of the molecule is Cc1cc(-c2cc3c(c(F)n2)Oc2ccc(-c4cccnc4F)cc2C3CSC(=N)N)ccn1. The molecule has 1 aliphatic rings. The van der Waals surface area contributed by atoms with Crippen LogP contribution >= 0.6 is 11.8 Å². The fourth-order valence-corrected chi connectivity index (χ4v) is 4.75. The van der Waals surface area contributed by atoms with Gasteiger partial charge in [0.05, 0.1) is 5.69 Å². The number of ether oxygens (including phenoxy) is 1. The van der Waals surface area contributed by atoms with Crippen molar-refractivity contribution in [3.05, 3.63) is 89.6 Å². The zero-order valence-electron chi connectivity index (χ0n) is 18.0. The van der Waals surface area contributed by atoms with Crippen molar-refractivity contribution in [2.45, 2.75) is 12.8 Å². The van der Waals surface area contributed by atoms with Gasteiger partial charge in [-0.1, -0.05) is 17.8 Å². The van der Waals surface area contributed by atoms with E-state index in [1.54, 1.807) is 42.6 Å². The van der Waals surface area contributed by atoms with E-state index in [9.17, 15) is 4.39 Å². The lowest BCUT2D eigenvalue weighted by Gasteiger charge is -2.29. The monoisotopic (exact) mass is 475 g/mol. The van der Waals surface area contributed by atoms with Crippen LogP contribution in [-0.4, -0.2) is 25.9 Å². The Morgan fingerprint density at radius 3 is 2.65 bits per heavy atom. The molecule has 0 saturated heterocycles. The van der Waals surface area contributed by atoms with Crippen LogP contribution in [0, 0.1) is 24.2 Å². The summed E-state index contributed by atoms with van der Waals surface area (Å²) in [4.78, 5) is 12.1. The fourth-order valence-electron chi connectivity index (χ4n) is 4.05. The first-order valence-corrected chi connectivity index (χ1v) is 11.4. The Hall–Kier alpha value is -3.85. The molecule has 34 heavy (non-hydrogen) atoms. The van der Waals surface area contributed by atoms with E-state index in [4.69, 9.17) is 15.9 Å². The summed E-state index contributed by atoms with van der Waals surface area (Å²) in [6.07, 6.45) is 3.04. The van der Waals surface area contributed by atoms with Crippen molar-refractivity contribution in [1.29, 1.82) is 5.41 Å². The minimum Gasteiger partial charge on any atom is -0.452 e. The predicted octanol–water partition coefficient (Wildman–Crippen LogP) is 5.66. The number of aryl methyl sites for hydroxylation is 1. The lowest BCUT2D eigenvalue weighted by atomic mass is 9.87. The van der Waals surface area contributed by atoms with Crippen LogP contribution in [0.2, 0.25) is 0 Å². The summed E-state index contributed by atoms with van der Waals surface area (Å²) < 4.78 is 35.5. The minimum absolute atomic E-state index is 0.0384. The molecule has 0 amide bonds. The quantitative estimate of drug-likeness (QED) is 0.225. The Kier molecular flexibility index (Phi) is 5.70. The van der Waals surface area contributed by atoms with Gasteiger partial charge in [-0.25, -0.2) is 9.97 Å². The predicted molar refractivity (Wildman–Crippen MR) is 128 cm³/mol. The van der Waals surface area contributed by atoms with Crippen molar-refractivity contribution in [3.8, 4) is 33.9 Å². The molecule has 1 atom stereocenters. The summed E-state index contributed by atoms with van der Waals surface area (Å²) in [5.41, 5.74) is 9.87. The average Bonchev–Trinajstić information content (AvgIpc) is 2.82. The second kappa shape index (κ2) is 8.83. The van der Waals surface area contributed by atoms with Crippen molar-refractivity contribution >= 4 is 16.9 Å². The number of benzene rings is 1. The van der Waals surface area contributed by atoms with E-state index in [0.717, 1.165) is 28.6 Å². The first-order valence-electron chi connectivity index (χ1n) is 10.4. The highest BCUT2D eigenvalue weighted by Crippen LogP contribution is 2.48. The number of nitrogens with zero attached hydrogens (tertiary/aromatic N) is 3. The fraction of sp³-hybridized carbons (Fsp3) is 0.120. The highest BCUT2D eigenvalue weighted by atomic mass is 32.2. The molecule has 1 aromatic carbocycles. The first-order chi connectivity index (χ1) is 16.4. The Bertz CT molecular complexity index is 1430. The highest BCUT2D eigenvalue weighted by molar-refractivity contribution is 8.13. The average molecular weight is 476 g/mol. The molecular formula is C25H19F2N5OS. The van der Waals surface area contributed by atoms with Crippen molar-refractivity contribution in [2.24, 2.45) is 5.73 Å². The number of halogens is 2. The van der Waals surface area contributed by atoms with E-state index in [1.165, 1.54) is 6.20 Å². The molecule has 0 saturated carbocycles. The first kappa shape index (κ1) is 22.0. The van der Waals surface area contributed by atoms with Gasteiger partial charge in [0, 0.05) is 52.0 Å². The Labute approximate surface area is 198 Å². The van der Waals surface area contributed by atoms with Crippen LogP contribution in [0.15, 0.2) is 60.9 Å². The van der Waals surface area contributed by atoms with Crippen LogP contribution in [0.5, 0.6) is 11.5 Å². The number of nitrogens with two attached hydrogens (primary N) is 1. The maximum Gasteiger partial charge on any atom is 0.256 e. The summed E-state index contributed by atoms with van der Waals surface area (Å²) >= 11 is 1.15. The van der Waals surface area contributed by atoms with Gasteiger partial charge >= 0.3 is 0 Å².